The van der Waals surface area contributed by atoms with Gasteiger partial charge in [-0.1, -0.05) is 70.3 Å². The van der Waals surface area contributed by atoms with Gasteiger partial charge >= 0.3 is 35.8 Å². The third-order valence-corrected chi connectivity index (χ3v) is 8.32. The highest BCUT2D eigenvalue weighted by molar-refractivity contribution is 5.83. The van der Waals surface area contributed by atoms with Crippen LogP contribution in [0.15, 0.2) is 98.1 Å². The molecule has 3 aromatic carbocycles. The molecule has 3 rings (SSSR count). The molecule has 0 aliphatic rings. The molecule has 0 atom stereocenters. The lowest BCUT2D eigenvalue weighted by molar-refractivity contribution is -0.335. The van der Waals surface area contributed by atoms with Crippen LogP contribution in [0.2, 0.25) is 0 Å². The summed E-state index contributed by atoms with van der Waals surface area (Å²) >= 11 is 0. The molecule has 3 aromatic rings. The molecule has 0 fully saturated rings. The van der Waals surface area contributed by atoms with Crippen molar-refractivity contribution in [1.82, 2.24) is 0 Å². The van der Waals surface area contributed by atoms with Crippen molar-refractivity contribution in [2.75, 3.05) is 31.3 Å². The van der Waals surface area contributed by atoms with Crippen LogP contribution < -0.4 is 4.90 Å². The van der Waals surface area contributed by atoms with Crippen molar-refractivity contribution < 1.29 is 57.1 Å². The van der Waals surface area contributed by atoms with Gasteiger partial charge in [-0.15, -0.1) is 0 Å². The average Bonchev–Trinajstić information content (AvgIpc) is 3.20. The first-order valence-corrected chi connectivity index (χ1v) is 18.8. The van der Waals surface area contributed by atoms with Crippen molar-refractivity contribution in [2.24, 2.45) is 0 Å². The summed E-state index contributed by atoms with van der Waals surface area (Å²) in [5, 5.41) is 0. The van der Waals surface area contributed by atoms with Crippen LogP contribution in [0.1, 0.15) is 70.6 Å². The fourth-order valence-electron chi connectivity index (χ4n) is 5.30. The molecule has 0 bridgehead atoms. The molecule has 0 aliphatic heterocycles. The number of rotatable bonds is 24. The molecule has 13 heteroatoms. The number of anilines is 3. The number of carbonyl (C=O) groups is 5. The summed E-state index contributed by atoms with van der Waals surface area (Å²) in [6.45, 7) is 15.1. The topological polar surface area (TPSA) is 153 Å². The fourth-order valence-corrected chi connectivity index (χ4v) is 5.30. The van der Waals surface area contributed by atoms with Crippen molar-refractivity contribution in [3.05, 3.63) is 115 Å². The quantitative estimate of drug-likeness (QED) is 0.0289. The lowest BCUT2D eigenvalue weighted by Gasteiger charge is -2.28. The molecule has 57 heavy (non-hydrogen) atoms. The van der Waals surface area contributed by atoms with E-state index in [4.69, 9.17) is 33.2 Å². The molecule has 0 aliphatic carbocycles. The van der Waals surface area contributed by atoms with Gasteiger partial charge < -0.3 is 38.1 Å². The lowest BCUT2D eigenvalue weighted by atomic mass is 10.1. The molecular weight excluding hydrogens is 734 g/mol. The maximum atomic E-state index is 12.0. The van der Waals surface area contributed by atoms with Crippen molar-refractivity contribution in [1.29, 1.82) is 0 Å². The van der Waals surface area contributed by atoms with Crippen LogP contribution in [0.4, 0.5) is 17.1 Å². The van der Waals surface area contributed by atoms with E-state index in [1.807, 2.05) is 72.8 Å². The zero-order valence-corrected chi connectivity index (χ0v) is 33.4. The molecule has 0 amide bonds. The summed E-state index contributed by atoms with van der Waals surface area (Å²) < 4.78 is 37.8. The Morgan fingerprint density at radius 1 is 0.561 bits per heavy atom. The van der Waals surface area contributed by atoms with Crippen LogP contribution in [0.5, 0.6) is 0 Å². The molecule has 0 heterocycles. The number of ether oxygens (including phenoxy) is 7. The third kappa shape index (κ3) is 15.3. The number of benzene rings is 3. The predicted molar refractivity (Wildman–Crippen MR) is 212 cm³/mol. The number of nitrogens with zero attached hydrogens (tertiary/aromatic N) is 1. The predicted octanol–water partition coefficient (Wildman–Crippen LogP) is 7.53. The molecule has 0 radical (unpaired) electrons. The summed E-state index contributed by atoms with van der Waals surface area (Å²) in [7, 11) is 0. The summed E-state index contributed by atoms with van der Waals surface area (Å²) in [5.74, 6) is -6.37. The first-order chi connectivity index (χ1) is 27.2. The van der Waals surface area contributed by atoms with Crippen molar-refractivity contribution in [3.63, 3.8) is 0 Å². The fraction of sp³-hybridized carbons (Fsp3) is 0.386. The zero-order valence-electron chi connectivity index (χ0n) is 33.4. The van der Waals surface area contributed by atoms with Gasteiger partial charge in [-0.05, 0) is 65.9 Å². The lowest BCUT2D eigenvalue weighted by Crippen LogP contribution is -2.41. The second-order valence-electron chi connectivity index (χ2n) is 13.0. The molecule has 0 aromatic heterocycles. The van der Waals surface area contributed by atoms with E-state index in [1.54, 1.807) is 20.8 Å². The zero-order chi connectivity index (χ0) is 41.8. The van der Waals surface area contributed by atoms with Crippen LogP contribution in [-0.2, 0) is 76.4 Å². The van der Waals surface area contributed by atoms with Gasteiger partial charge in [0.1, 0.15) is 6.61 Å². The SMILES string of the molecule is C=CC(=O)OC(C)(COCCc1ccc(N(c2ccc(CCOC(=O)CC)cc2)c2ccc(CCOC(C)(OC(=O)CC)OC(=O)CC)cc2)cc1)OC(=O)C=C. The van der Waals surface area contributed by atoms with E-state index >= 15 is 0 Å². The molecular formula is C44H53NO12. The standard InChI is InChI=1S/C44H53NO12/c1-8-38(46)52-29-26-33-15-21-36(22-16-33)45(37-23-17-34(18-24-37)27-30-53-44(7,56-41(49)11-4)57-42(50)12-5)35-19-13-32(14-20-35)25-28-51-31-43(6,54-39(47)9-2)55-40(48)10-3/h9-10,13-24H,2-3,8,11-12,25-31H2,1,4-7H3. The van der Waals surface area contributed by atoms with E-state index in [-0.39, 0.29) is 38.6 Å². The van der Waals surface area contributed by atoms with E-state index in [0.29, 0.717) is 32.3 Å². The Labute approximate surface area is 334 Å². The third-order valence-electron chi connectivity index (χ3n) is 8.32. The van der Waals surface area contributed by atoms with Gasteiger partial charge in [0.15, 0.2) is 0 Å². The Morgan fingerprint density at radius 2 is 0.947 bits per heavy atom. The van der Waals surface area contributed by atoms with E-state index in [2.05, 4.69) is 18.1 Å². The summed E-state index contributed by atoms with van der Waals surface area (Å²) in [6, 6.07) is 23.9. The minimum absolute atomic E-state index is 0.0988. The first-order valence-electron chi connectivity index (χ1n) is 18.8. The Balaban J connectivity index is 1.78. The van der Waals surface area contributed by atoms with Gasteiger partial charge in [0.05, 0.1) is 19.8 Å². The van der Waals surface area contributed by atoms with E-state index in [1.165, 1.54) is 13.8 Å². The van der Waals surface area contributed by atoms with Crippen LogP contribution >= 0.6 is 0 Å². The average molecular weight is 788 g/mol. The molecule has 13 nitrogen and oxygen atoms in total. The van der Waals surface area contributed by atoms with Crippen molar-refractivity contribution >= 4 is 46.9 Å². The molecule has 0 saturated carbocycles. The van der Waals surface area contributed by atoms with E-state index < -0.39 is 35.6 Å². The minimum atomic E-state index is -1.83. The maximum absolute atomic E-state index is 12.0. The van der Waals surface area contributed by atoms with Crippen LogP contribution in [-0.4, -0.2) is 68.0 Å². The van der Waals surface area contributed by atoms with E-state index in [0.717, 1.165) is 45.9 Å². The Kier molecular flexibility index (Phi) is 18.1. The molecule has 0 N–H and O–H groups in total. The Hall–Kier alpha value is -5.79. The second kappa shape index (κ2) is 22.7. The maximum Gasteiger partial charge on any atom is 0.372 e. The molecule has 0 unspecified atom stereocenters. The van der Waals surface area contributed by atoms with Gasteiger partial charge in [0.2, 0.25) is 0 Å². The highest BCUT2D eigenvalue weighted by atomic mass is 16.9. The molecule has 0 spiro atoms. The van der Waals surface area contributed by atoms with Gasteiger partial charge in [0.25, 0.3) is 5.79 Å². The van der Waals surface area contributed by atoms with Crippen molar-refractivity contribution in [2.45, 2.75) is 84.9 Å². The number of esters is 5. The van der Waals surface area contributed by atoms with Crippen LogP contribution in [0.3, 0.4) is 0 Å². The van der Waals surface area contributed by atoms with Gasteiger partial charge in [0, 0.05) is 68.7 Å². The molecule has 0 saturated heterocycles. The second-order valence-corrected chi connectivity index (χ2v) is 13.0. The largest absolute Gasteiger partial charge is 0.465 e. The smallest absolute Gasteiger partial charge is 0.372 e. The van der Waals surface area contributed by atoms with Gasteiger partial charge in [-0.3, -0.25) is 14.4 Å². The van der Waals surface area contributed by atoms with Gasteiger partial charge in [-0.25, -0.2) is 9.59 Å². The summed E-state index contributed by atoms with van der Waals surface area (Å²) in [5.41, 5.74) is 5.58. The van der Waals surface area contributed by atoms with Crippen molar-refractivity contribution in [3.8, 4) is 0 Å². The Morgan fingerprint density at radius 3 is 1.33 bits per heavy atom. The summed E-state index contributed by atoms with van der Waals surface area (Å²) in [6.07, 6.45) is 4.01. The minimum Gasteiger partial charge on any atom is -0.465 e. The highest BCUT2D eigenvalue weighted by Crippen LogP contribution is 2.35. The number of hydrogen-bond donors (Lipinski definition) is 0. The van der Waals surface area contributed by atoms with Gasteiger partial charge in [-0.2, -0.15) is 0 Å². The molecule has 306 valence electrons. The number of hydrogen-bond acceptors (Lipinski definition) is 13. The van der Waals surface area contributed by atoms with Crippen LogP contribution in [0, 0.1) is 0 Å². The normalized spacial score (nSPS) is 11.2. The Bertz CT molecular complexity index is 1760. The first kappa shape index (κ1) is 45.6. The summed E-state index contributed by atoms with van der Waals surface area (Å²) in [4.78, 5) is 61.4. The highest BCUT2D eigenvalue weighted by Gasteiger charge is 2.34. The number of carbonyl (C=O) groups excluding carboxylic acids is 5. The monoisotopic (exact) mass is 787 g/mol. The van der Waals surface area contributed by atoms with E-state index in [9.17, 15) is 24.0 Å². The van der Waals surface area contributed by atoms with Crippen LogP contribution in [0.25, 0.3) is 0 Å².